The van der Waals surface area contributed by atoms with Crippen LogP contribution in [0.2, 0.25) is 5.02 Å². The van der Waals surface area contributed by atoms with Gasteiger partial charge in [0.1, 0.15) is 5.75 Å². The fourth-order valence-electron chi connectivity index (χ4n) is 2.33. The Morgan fingerprint density at radius 2 is 1.79 bits per heavy atom. The molecule has 2 aromatic rings. The summed E-state index contributed by atoms with van der Waals surface area (Å²) in [6.45, 7) is 1.32. The molecule has 2 aromatic carbocycles. The number of urea groups is 1. The number of carbonyl (C=O) groups excluding carboxylic acids is 1. The average molecular weight is 437 g/mol. The molecule has 0 atom stereocenters. The molecule has 148 valence electrons. The number of hydrogen-bond acceptors (Lipinski definition) is 4. The van der Waals surface area contributed by atoms with Gasteiger partial charge < -0.3 is 20.7 Å². The largest absolute Gasteiger partial charge is 0.491 e. The molecule has 0 aliphatic rings. The molecule has 0 saturated heterocycles. The Balaban J connectivity index is 1.59. The van der Waals surface area contributed by atoms with E-state index in [-0.39, 0.29) is 0 Å². The molecule has 0 spiro atoms. The van der Waals surface area contributed by atoms with Crippen LogP contribution in [-0.2, 0) is 12.4 Å². The van der Waals surface area contributed by atoms with Gasteiger partial charge in [-0.1, -0.05) is 23.7 Å². The topological polar surface area (TPSA) is 74.8 Å². The molecule has 0 aliphatic heterocycles. The van der Waals surface area contributed by atoms with Crippen LogP contribution in [0.15, 0.2) is 52.9 Å². The first-order chi connectivity index (χ1) is 13.6. The fourth-order valence-corrected chi connectivity index (χ4v) is 2.72. The van der Waals surface area contributed by atoms with Crippen LogP contribution in [0, 0.1) is 0 Å². The number of amides is 2. The number of ether oxygens (including phenoxy) is 1. The predicted molar refractivity (Wildman–Crippen MR) is 120 cm³/mol. The second-order valence-corrected chi connectivity index (χ2v) is 6.84. The van der Waals surface area contributed by atoms with Crippen LogP contribution in [0.5, 0.6) is 5.75 Å². The van der Waals surface area contributed by atoms with E-state index in [2.05, 4.69) is 32.7 Å². The van der Waals surface area contributed by atoms with Crippen molar-refractivity contribution in [3.05, 3.63) is 53.6 Å². The van der Waals surface area contributed by atoms with Gasteiger partial charge in [0.25, 0.3) is 0 Å². The number of anilines is 2. The highest BCUT2D eigenvalue weighted by Crippen LogP contribution is 2.24. The highest BCUT2D eigenvalue weighted by atomic mass is 35.5. The lowest BCUT2D eigenvalue weighted by Gasteiger charge is -2.12. The molecule has 0 aliphatic carbocycles. The number of hydrogen-bond donors (Lipinski definition) is 3. The Morgan fingerprint density at radius 3 is 2.54 bits per heavy atom. The Bertz CT molecular complexity index is 803. The van der Waals surface area contributed by atoms with Crippen molar-refractivity contribution in [2.45, 2.75) is 19.3 Å². The lowest BCUT2D eigenvalue weighted by molar-refractivity contribution is 0.259. The van der Waals surface area contributed by atoms with Crippen LogP contribution in [0.25, 0.3) is 0 Å². The van der Waals surface area contributed by atoms with Crippen LogP contribution in [0.3, 0.4) is 0 Å². The molecule has 0 saturated carbocycles. The number of nitrogens with zero attached hydrogens (tertiary/aromatic N) is 1. The van der Waals surface area contributed by atoms with E-state index in [9.17, 15) is 4.79 Å². The van der Waals surface area contributed by atoms with Gasteiger partial charge in [-0.05, 0) is 67.9 Å². The maximum atomic E-state index is 11.3. The molecular formula is C19H21ClN4O2S2. The van der Waals surface area contributed by atoms with Gasteiger partial charge in [-0.2, -0.15) is 0 Å². The van der Waals surface area contributed by atoms with Crippen molar-refractivity contribution >= 4 is 58.8 Å². The van der Waals surface area contributed by atoms with E-state index in [1.54, 1.807) is 18.2 Å². The minimum Gasteiger partial charge on any atom is -0.491 e. The fraction of sp³-hybridized carbons (Fsp3) is 0.263. The van der Waals surface area contributed by atoms with E-state index in [1.165, 1.54) is 0 Å². The van der Waals surface area contributed by atoms with Crippen LogP contribution in [0.1, 0.15) is 19.3 Å². The maximum Gasteiger partial charge on any atom is 0.356 e. The van der Waals surface area contributed by atoms with Crippen molar-refractivity contribution in [3.8, 4) is 5.75 Å². The van der Waals surface area contributed by atoms with Crippen LogP contribution >= 0.6 is 23.8 Å². The monoisotopic (exact) mass is 436 g/mol. The van der Waals surface area contributed by atoms with Gasteiger partial charge in [0.15, 0.2) is 5.11 Å². The van der Waals surface area contributed by atoms with Gasteiger partial charge in [0.2, 0.25) is 0 Å². The van der Waals surface area contributed by atoms with E-state index in [1.807, 2.05) is 30.3 Å². The normalized spacial score (nSPS) is 10.0. The summed E-state index contributed by atoms with van der Waals surface area (Å²) in [5.74, 6) is 0.598. The minimum absolute atomic E-state index is 0.547. The van der Waals surface area contributed by atoms with Gasteiger partial charge in [0, 0.05) is 29.7 Å². The zero-order valence-corrected chi connectivity index (χ0v) is 17.5. The second kappa shape index (κ2) is 12.2. The summed E-state index contributed by atoms with van der Waals surface area (Å²) in [4.78, 5) is 11.3. The van der Waals surface area contributed by atoms with E-state index >= 15 is 0 Å². The van der Waals surface area contributed by atoms with E-state index < -0.39 is 6.03 Å². The summed E-state index contributed by atoms with van der Waals surface area (Å²) in [6.07, 6.45) is 2.82. The summed E-state index contributed by atoms with van der Waals surface area (Å²) >= 11 is 15.5. The van der Waals surface area contributed by atoms with Crippen molar-refractivity contribution < 1.29 is 9.53 Å². The SMILES string of the molecule is O=C(N=S)Nc1ccccc1OCCCCCNC(=S)Nc1ccc(Cl)cc1. The number of carbonyl (C=O) groups is 1. The van der Waals surface area contributed by atoms with Crippen LogP contribution < -0.4 is 20.7 Å². The van der Waals surface area contributed by atoms with Crippen LogP contribution in [0.4, 0.5) is 16.2 Å². The van der Waals surface area contributed by atoms with Crippen molar-refractivity contribution in [2.24, 2.45) is 4.36 Å². The molecule has 2 rings (SSSR count). The average Bonchev–Trinajstić information content (AvgIpc) is 2.70. The highest BCUT2D eigenvalue weighted by molar-refractivity contribution is 7.80. The Morgan fingerprint density at radius 1 is 1.04 bits per heavy atom. The number of thiocarbonyl (C=S) groups is 1. The first-order valence-corrected chi connectivity index (χ1v) is 9.90. The van der Waals surface area contributed by atoms with Gasteiger partial charge in [0.05, 0.1) is 12.3 Å². The van der Waals surface area contributed by atoms with Crippen LogP contribution in [-0.4, -0.2) is 24.3 Å². The summed E-state index contributed by atoms with van der Waals surface area (Å²) in [7, 11) is 0. The third-order valence-corrected chi connectivity index (χ3v) is 4.34. The van der Waals surface area contributed by atoms with E-state index in [4.69, 9.17) is 28.6 Å². The van der Waals surface area contributed by atoms with Crippen molar-refractivity contribution in [1.82, 2.24) is 5.32 Å². The molecule has 0 fully saturated rings. The van der Waals surface area contributed by atoms with Crippen molar-refractivity contribution in [2.75, 3.05) is 23.8 Å². The molecule has 0 bridgehead atoms. The second-order valence-electron chi connectivity index (χ2n) is 5.81. The third-order valence-electron chi connectivity index (χ3n) is 3.68. The zero-order chi connectivity index (χ0) is 20.2. The molecule has 2 amide bonds. The van der Waals surface area contributed by atoms with E-state index in [0.717, 1.165) is 31.5 Å². The number of unbranched alkanes of at least 4 members (excludes halogenated alkanes) is 2. The number of benzene rings is 2. The molecule has 0 unspecified atom stereocenters. The summed E-state index contributed by atoms with van der Waals surface area (Å²) in [5.41, 5.74) is 1.45. The summed E-state index contributed by atoms with van der Waals surface area (Å²) < 4.78 is 8.89. The first kappa shape index (κ1) is 22.0. The predicted octanol–water partition coefficient (Wildman–Crippen LogP) is 5.14. The minimum atomic E-state index is -0.583. The lowest BCUT2D eigenvalue weighted by Crippen LogP contribution is -2.29. The lowest BCUT2D eigenvalue weighted by atomic mass is 10.2. The molecule has 6 nitrogen and oxygen atoms in total. The van der Waals surface area contributed by atoms with Gasteiger partial charge >= 0.3 is 6.03 Å². The molecule has 0 aromatic heterocycles. The number of halogens is 1. The highest BCUT2D eigenvalue weighted by Gasteiger charge is 2.06. The summed E-state index contributed by atoms with van der Waals surface area (Å²) in [5, 5.41) is 10.1. The molecule has 0 radical (unpaired) electrons. The smallest absolute Gasteiger partial charge is 0.356 e. The standard InChI is InChI=1S/C19H21ClN4O2S2/c20-14-8-10-15(11-9-14)22-19(27)21-12-4-1-5-13-26-17-7-3-2-6-16(17)23-18(25)24-28/h2-3,6-11H,1,4-5,12-13H2,(H,23,25)(H2,21,22,27). The first-order valence-electron chi connectivity index (χ1n) is 8.75. The molecule has 9 heteroatoms. The van der Waals surface area contributed by atoms with E-state index in [0.29, 0.717) is 28.2 Å². The Hall–Kier alpha value is -2.29. The third kappa shape index (κ3) is 8.16. The Kier molecular flexibility index (Phi) is 9.61. The molecule has 3 N–H and O–H groups in total. The van der Waals surface area contributed by atoms with Gasteiger partial charge in [-0.15, -0.1) is 4.36 Å². The summed E-state index contributed by atoms with van der Waals surface area (Å²) in [6, 6.07) is 14.0. The van der Waals surface area contributed by atoms with Crippen molar-refractivity contribution in [1.29, 1.82) is 0 Å². The molecular weight excluding hydrogens is 416 g/mol. The number of para-hydroxylation sites is 2. The van der Waals surface area contributed by atoms with Gasteiger partial charge in [-0.25, -0.2) is 4.79 Å². The van der Waals surface area contributed by atoms with Crippen molar-refractivity contribution in [3.63, 3.8) is 0 Å². The van der Waals surface area contributed by atoms with Gasteiger partial charge in [-0.3, -0.25) is 0 Å². The Labute approximate surface area is 180 Å². The maximum absolute atomic E-state index is 11.3. The quantitative estimate of drug-likeness (QED) is 0.373. The number of nitrogens with one attached hydrogen (secondary N) is 3. The zero-order valence-electron chi connectivity index (χ0n) is 15.1. The number of rotatable bonds is 9. The molecule has 0 heterocycles. The molecule has 28 heavy (non-hydrogen) atoms.